The van der Waals surface area contributed by atoms with Crippen molar-refractivity contribution in [3.05, 3.63) is 73.6 Å². The van der Waals surface area contributed by atoms with Gasteiger partial charge in [-0.2, -0.15) is 5.10 Å². The number of aromatic amines is 1. The average molecular weight is 437 g/mol. The minimum atomic E-state index is -0.170. The molecule has 6 nitrogen and oxygen atoms in total. The number of ether oxygens (including phenoxy) is 1. The first kappa shape index (κ1) is 19.0. The number of benzene rings is 1. The van der Waals surface area contributed by atoms with E-state index in [1.165, 1.54) is 0 Å². The molecule has 1 aliphatic heterocycles. The van der Waals surface area contributed by atoms with Crippen molar-refractivity contribution >= 4 is 29.8 Å². The van der Waals surface area contributed by atoms with Crippen LogP contribution in [0.2, 0.25) is 0 Å². The van der Waals surface area contributed by atoms with E-state index in [1.54, 1.807) is 19.2 Å². The van der Waals surface area contributed by atoms with Crippen LogP contribution in [0.5, 0.6) is 5.75 Å². The van der Waals surface area contributed by atoms with Gasteiger partial charge in [-0.25, -0.2) is 10.3 Å². The summed E-state index contributed by atoms with van der Waals surface area (Å²) in [5.74, 6) is 1.19. The minimum absolute atomic E-state index is 0.102. The molecular weight excluding hydrogens is 417 g/mol. The first-order valence-electron chi connectivity index (χ1n) is 8.07. The molecule has 2 aromatic rings. The van der Waals surface area contributed by atoms with Gasteiger partial charge in [0.15, 0.2) is 0 Å². The molecule has 1 aromatic carbocycles. The van der Waals surface area contributed by atoms with Gasteiger partial charge in [-0.05, 0) is 53.6 Å². The number of rotatable bonds is 5. The van der Waals surface area contributed by atoms with Gasteiger partial charge in [0.05, 0.1) is 16.3 Å². The molecule has 3 N–H and O–H groups in total. The van der Waals surface area contributed by atoms with Crippen LogP contribution in [-0.2, 0) is 6.42 Å². The summed E-state index contributed by atoms with van der Waals surface area (Å²) in [5.41, 5.74) is 3.37. The fourth-order valence-electron chi connectivity index (χ4n) is 2.76. The highest BCUT2D eigenvalue weighted by Crippen LogP contribution is 2.27. The maximum absolute atomic E-state index is 11.5. The Morgan fingerprint density at radius 2 is 2.12 bits per heavy atom. The van der Waals surface area contributed by atoms with Gasteiger partial charge in [0.1, 0.15) is 11.9 Å². The highest BCUT2D eigenvalue weighted by atomic mass is 79.9. The second kappa shape index (κ2) is 7.84. The number of nitrogens with zero attached hydrogens (tertiary/aromatic N) is 1. The molecular formula is C18H20BrN3O3P+. The molecule has 1 aromatic heterocycles. The topological polar surface area (TPSA) is 79.7 Å². The lowest BCUT2D eigenvalue weighted by atomic mass is 10.1. The number of aryl methyl sites for hydroxylation is 2. The normalized spacial score (nSPS) is 16.9. The predicted molar refractivity (Wildman–Crippen MR) is 106 cm³/mol. The van der Waals surface area contributed by atoms with Crippen LogP contribution in [0, 0.1) is 13.8 Å². The fraction of sp³-hybridized carbons (Fsp3) is 0.222. The van der Waals surface area contributed by atoms with Crippen molar-refractivity contribution in [2.75, 3.05) is 6.66 Å². The van der Waals surface area contributed by atoms with E-state index in [0.717, 1.165) is 32.4 Å². The van der Waals surface area contributed by atoms with E-state index in [2.05, 4.69) is 38.9 Å². The lowest BCUT2D eigenvalue weighted by molar-refractivity contribution is -1.02. The van der Waals surface area contributed by atoms with E-state index in [4.69, 9.17) is 4.74 Å². The van der Waals surface area contributed by atoms with Gasteiger partial charge >= 0.3 is 5.88 Å². The van der Waals surface area contributed by atoms with Crippen LogP contribution < -0.4 is 20.7 Å². The third kappa shape index (κ3) is 3.96. The van der Waals surface area contributed by atoms with Gasteiger partial charge in [-0.1, -0.05) is 20.7 Å². The lowest BCUT2D eigenvalue weighted by Gasteiger charge is -2.17. The first-order chi connectivity index (χ1) is 12.4. The van der Waals surface area contributed by atoms with E-state index in [-0.39, 0.29) is 10.6 Å². The Kier molecular flexibility index (Phi) is 5.73. The van der Waals surface area contributed by atoms with E-state index in [0.29, 0.717) is 26.4 Å². The van der Waals surface area contributed by atoms with Crippen LogP contribution in [0.3, 0.4) is 0 Å². The molecule has 26 heavy (non-hydrogen) atoms. The molecule has 0 spiro atoms. The van der Waals surface area contributed by atoms with Crippen LogP contribution in [-0.4, -0.2) is 22.1 Å². The fourth-order valence-corrected chi connectivity index (χ4v) is 4.15. The zero-order chi connectivity index (χ0) is 18.8. The number of nitrogens with one attached hydrogen (secondary N) is 2. The van der Waals surface area contributed by atoms with Crippen molar-refractivity contribution in [2.24, 2.45) is 0 Å². The summed E-state index contributed by atoms with van der Waals surface area (Å²) in [5, 5.41) is 17.9. The summed E-state index contributed by atoms with van der Waals surface area (Å²) >= 11 is 3.35. The second-order valence-corrected chi connectivity index (χ2v) is 7.98. The summed E-state index contributed by atoms with van der Waals surface area (Å²) in [6.45, 7) is 5.85. The number of aromatic nitrogens is 2. The standard InChI is InChI=1S/C18H19BrN3O3P/c1-10-4-5-12(7-14-6-11(2)18(23)21-20-14)17(26-3)16(10)25-15-8-13(19)9-22(15)24/h4-6,8-9,24,26H,7H2,1-3H3,(H,21,23)/p+1. The summed E-state index contributed by atoms with van der Waals surface area (Å²) in [4.78, 5) is 11.5. The van der Waals surface area contributed by atoms with Gasteiger partial charge in [0.25, 0.3) is 5.56 Å². The molecule has 1 aliphatic rings. The number of halogens is 1. The molecule has 8 heteroatoms. The third-order valence-electron chi connectivity index (χ3n) is 4.11. The smallest absolute Gasteiger partial charge is 0.334 e. The third-order valence-corrected chi connectivity index (χ3v) is 5.62. The summed E-state index contributed by atoms with van der Waals surface area (Å²) in [7, 11) is 0.508. The highest BCUT2D eigenvalue weighted by Gasteiger charge is 2.24. The number of allylic oxidation sites excluding steroid dienone is 2. The van der Waals surface area contributed by atoms with Crippen LogP contribution in [0.15, 0.2) is 45.6 Å². The highest BCUT2D eigenvalue weighted by molar-refractivity contribution is 9.11. The van der Waals surface area contributed by atoms with Gasteiger partial charge < -0.3 is 4.74 Å². The molecule has 0 saturated heterocycles. The van der Waals surface area contributed by atoms with E-state index in [1.807, 2.05) is 19.1 Å². The summed E-state index contributed by atoms with van der Waals surface area (Å²) < 4.78 is 6.82. The molecule has 0 aliphatic carbocycles. The maximum atomic E-state index is 11.5. The van der Waals surface area contributed by atoms with Crippen molar-refractivity contribution in [1.82, 2.24) is 10.2 Å². The first-order valence-corrected chi connectivity index (χ1v) is 10.4. The largest absolute Gasteiger partial charge is 0.409 e. The van der Waals surface area contributed by atoms with Gasteiger partial charge in [-0.15, -0.1) is 5.06 Å². The molecule has 2 atom stereocenters. The Morgan fingerprint density at radius 1 is 1.35 bits per heavy atom. The van der Waals surface area contributed by atoms with Crippen LogP contribution in [0.1, 0.15) is 22.4 Å². The second-order valence-electron chi connectivity index (χ2n) is 6.07. The number of H-pyrrole nitrogens is 1. The summed E-state index contributed by atoms with van der Waals surface area (Å²) in [6.07, 6.45) is 3.95. The maximum Gasteiger partial charge on any atom is 0.334 e. The van der Waals surface area contributed by atoms with E-state index < -0.39 is 0 Å². The van der Waals surface area contributed by atoms with Gasteiger partial charge in [-0.3, -0.25) is 4.79 Å². The van der Waals surface area contributed by atoms with Crippen molar-refractivity contribution in [3.8, 4) is 5.75 Å². The minimum Gasteiger partial charge on any atom is -0.409 e. The molecule has 2 heterocycles. The van der Waals surface area contributed by atoms with Crippen LogP contribution >= 0.6 is 24.5 Å². The predicted octanol–water partition coefficient (Wildman–Crippen LogP) is 1.66. The van der Waals surface area contributed by atoms with Crippen molar-refractivity contribution in [2.45, 2.75) is 20.3 Å². The Balaban J connectivity index is 1.96. The zero-order valence-electron chi connectivity index (χ0n) is 14.7. The molecule has 3 rings (SSSR count). The molecule has 0 saturated carbocycles. The Bertz CT molecular complexity index is 969. The summed E-state index contributed by atoms with van der Waals surface area (Å²) in [6, 6.07) is 5.88. The van der Waals surface area contributed by atoms with E-state index >= 15 is 0 Å². The average Bonchev–Trinajstić information content (AvgIpc) is 2.91. The van der Waals surface area contributed by atoms with Crippen molar-refractivity contribution in [3.63, 3.8) is 0 Å². The molecule has 2 unspecified atom stereocenters. The lowest BCUT2D eigenvalue weighted by Crippen LogP contribution is -3.02. The Labute approximate surface area is 161 Å². The Morgan fingerprint density at radius 3 is 2.73 bits per heavy atom. The van der Waals surface area contributed by atoms with Crippen LogP contribution in [0.4, 0.5) is 0 Å². The molecule has 0 bridgehead atoms. The number of quaternary nitrogens is 1. The molecule has 0 radical (unpaired) electrons. The quantitative estimate of drug-likeness (QED) is 0.622. The molecule has 136 valence electrons. The Hall–Kier alpha value is -1.79. The molecule has 0 amide bonds. The zero-order valence-corrected chi connectivity index (χ0v) is 17.3. The monoisotopic (exact) mass is 436 g/mol. The van der Waals surface area contributed by atoms with Gasteiger partial charge in [0.2, 0.25) is 0 Å². The van der Waals surface area contributed by atoms with Gasteiger partial charge in [0, 0.05) is 17.3 Å². The molecule has 0 fully saturated rings. The van der Waals surface area contributed by atoms with Crippen molar-refractivity contribution in [1.29, 1.82) is 0 Å². The number of hydroxylamine groups is 2. The number of hydrogen-bond donors (Lipinski definition) is 3. The van der Waals surface area contributed by atoms with E-state index in [9.17, 15) is 10.0 Å². The SMILES string of the molecule is CPc1c(Cc2cc(C)c(=O)[nH]n2)ccc(C)c1OC1=CC(Br)=C[NH+]1O. The number of hydrogen-bond acceptors (Lipinski definition) is 4. The van der Waals surface area contributed by atoms with Crippen molar-refractivity contribution < 1.29 is 15.0 Å². The van der Waals surface area contributed by atoms with Crippen LogP contribution in [0.25, 0.3) is 0 Å².